The third kappa shape index (κ3) is 5.48. The van der Waals surface area contributed by atoms with Gasteiger partial charge in [-0.3, -0.25) is 0 Å². The van der Waals surface area contributed by atoms with E-state index in [0.29, 0.717) is 35.8 Å². The summed E-state index contributed by atoms with van der Waals surface area (Å²) in [4.78, 5) is 0. The molecule has 0 amide bonds. The van der Waals surface area contributed by atoms with Crippen LogP contribution >= 0.6 is 0 Å². The van der Waals surface area contributed by atoms with E-state index in [-0.39, 0.29) is 5.75 Å². The lowest BCUT2D eigenvalue weighted by Crippen LogP contribution is -2.60. The van der Waals surface area contributed by atoms with E-state index in [1.807, 2.05) is 18.2 Å². The van der Waals surface area contributed by atoms with Gasteiger partial charge in [0, 0.05) is 0 Å². The number of hydrogen-bond acceptors (Lipinski definition) is 10. The van der Waals surface area contributed by atoms with Gasteiger partial charge in [0.2, 0.25) is 12.0 Å². The molecule has 0 saturated carbocycles. The van der Waals surface area contributed by atoms with Crippen LogP contribution in [0.25, 0.3) is 0 Å². The van der Waals surface area contributed by atoms with Crippen molar-refractivity contribution in [1.82, 2.24) is 0 Å². The van der Waals surface area contributed by atoms with Crippen molar-refractivity contribution in [2.24, 2.45) is 0 Å². The van der Waals surface area contributed by atoms with Crippen LogP contribution in [0, 0.1) is 0 Å². The first kappa shape index (κ1) is 25.9. The molecule has 4 N–H and O–H groups in total. The van der Waals surface area contributed by atoms with Gasteiger partial charge in [0.15, 0.2) is 23.0 Å². The first-order chi connectivity index (χ1) is 16.4. The van der Waals surface area contributed by atoms with Gasteiger partial charge in [-0.05, 0) is 48.2 Å². The normalized spacial score (nSPS) is 24.4. The second kappa shape index (κ2) is 11.6. The van der Waals surface area contributed by atoms with Crippen LogP contribution in [-0.2, 0) is 17.6 Å². The second-order valence-electron chi connectivity index (χ2n) is 7.83. The molecule has 0 aliphatic carbocycles. The molecule has 1 saturated heterocycles. The average Bonchev–Trinajstić information content (AvgIpc) is 2.87. The third-order valence-corrected chi connectivity index (χ3v) is 5.75. The Morgan fingerprint density at radius 2 is 1.29 bits per heavy atom. The van der Waals surface area contributed by atoms with Crippen LogP contribution in [-0.4, -0.2) is 86.2 Å². The second-order valence-corrected chi connectivity index (χ2v) is 7.83. The summed E-state index contributed by atoms with van der Waals surface area (Å²) in [5.74, 6) is 2.38. The molecule has 1 fully saturated rings. The van der Waals surface area contributed by atoms with Crippen molar-refractivity contribution in [3.8, 4) is 28.7 Å². The Morgan fingerprint density at radius 3 is 1.85 bits per heavy atom. The van der Waals surface area contributed by atoms with Gasteiger partial charge in [0.05, 0.1) is 35.0 Å². The summed E-state index contributed by atoms with van der Waals surface area (Å²) in [5, 5.41) is 39.5. The van der Waals surface area contributed by atoms with Crippen LogP contribution in [0.4, 0.5) is 0 Å². The maximum absolute atomic E-state index is 10.2. The molecule has 3 rings (SSSR count). The van der Waals surface area contributed by atoms with Crippen LogP contribution in [0.15, 0.2) is 30.3 Å². The van der Waals surface area contributed by atoms with E-state index in [2.05, 4.69) is 0 Å². The molecular formula is C24H32O10. The minimum atomic E-state index is -1.53. The predicted octanol–water partition coefficient (Wildman–Crippen LogP) is 0.685. The maximum atomic E-state index is 10.2. The van der Waals surface area contributed by atoms with Gasteiger partial charge in [-0.25, -0.2) is 0 Å². The number of aliphatic hydroxyl groups excluding tert-OH is 4. The lowest BCUT2D eigenvalue weighted by Gasteiger charge is -2.39. The summed E-state index contributed by atoms with van der Waals surface area (Å²) in [6, 6.07) is 9.12. The summed E-state index contributed by atoms with van der Waals surface area (Å²) in [6.07, 6.45) is -5.50. The maximum Gasteiger partial charge on any atom is 0.229 e. The minimum Gasteiger partial charge on any atom is -0.493 e. The number of ether oxygens (including phenoxy) is 6. The summed E-state index contributed by atoms with van der Waals surface area (Å²) >= 11 is 0. The fourth-order valence-electron chi connectivity index (χ4n) is 3.82. The predicted molar refractivity (Wildman–Crippen MR) is 121 cm³/mol. The number of benzene rings is 2. The van der Waals surface area contributed by atoms with Crippen LogP contribution < -0.4 is 23.7 Å². The monoisotopic (exact) mass is 480 g/mol. The van der Waals surface area contributed by atoms with E-state index < -0.39 is 37.3 Å². The van der Waals surface area contributed by atoms with Gasteiger partial charge < -0.3 is 48.8 Å². The van der Waals surface area contributed by atoms with Crippen molar-refractivity contribution < 1.29 is 48.8 Å². The largest absolute Gasteiger partial charge is 0.493 e. The molecule has 0 radical (unpaired) electrons. The zero-order valence-corrected chi connectivity index (χ0v) is 19.6. The number of rotatable bonds is 10. The highest BCUT2D eigenvalue weighted by Gasteiger charge is 2.44. The van der Waals surface area contributed by atoms with Gasteiger partial charge in [-0.2, -0.15) is 0 Å². The first-order valence-electron chi connectivity index (χ1n) is 10.8. The Labute approximate surface area is 198 Å². The third-order valence-electron chi connectivity index (χ3n) is 5.75. The van der Waals surface area contributed by atoms with Gasteiger partial charge in [0.1, 0.15) is 24.4 Å². The molecule has 5 atom stereocenters. The zero-order valence-electron chi connectivity index (χ0n) is 19.6. The highest BCUT2D eigenvalue weighted by molar-refractivity contribution is 5.54. The molecule has 0 spiro atoms. The first-order valence-corrected chi connectivity index (χ1v) is 10.8. The van der Waals surface area contributed by atoms with Crippen molar-refractivity contribution >= 4 is 0 Å². The molecule has 0 bridgehead atoms. The number of hydrogen-bond donors (Lipinski definition) is 4. The summed E-state index contributed by atoms with van der Waals surface area (Å²) < 4.78 is 32.8. The molecular weight excluding hydrogens is 448 g/mol. The van der Waals surface area contributed by atoms with Gasteiger partial charge in [-0.15, -0.1) is 0 Å². The highest BCUT2D eigenvalue weighted by atomic mass is 16.7. The van der Waals surface area contributed by atoms with Gasteiger partial charge in [0.25, 0.3) is 0 Å². The smallest absolute Gasteiger partial charge is 0.229 e. The Balaban J connectivity index is 1.73. The quantitative estimate of drug-likeness (QED) is 0.384. The van der Waals surface area contributed by atoms with E-state index in [4.69, 9.17) is 28.4 Å². The van der Waals surface area contributed by atoms with Crippen LogP contribution in [0.2, 0.25) is 0 Å². The molecule has 1 aliphatic heterocycles. The molecule has 188 valence electrons. The van der Waals surface area contributed by atoms with Crippen molar-refractivity contribution in [2.75, 3.05) is 35.0 Å². The number of aliphatic hydroxyl groups is 4. The number of methoxy groups -OCH3 is 4. The van der Waals surface area contributed by atoms with E-state index in [1.54, 1.807) is 33.5 Å². The Kier molecular flexibility index (Phi) is 8.81. The van der Waals surface area contributed by atoms with Crippen molar-refractivity contribution in [1.29, 1.82) is 0 Å². The van der Waals surface area contributed by atoms with Gasteiger partial charge >= 0.3 is 0 Å². The van der Waals surface area contributed by atoms with Crippen LogP contribution in [0.5, 0.6) is 28.7 Å². The lowest BCUT2D eigenvalue weighted by molar-refractivity contribution is -0.277. The summed E-state index contributed by atoms with van der Waals surface area (Å²) in [6.45, 7) is -0.540. The summed E-state index contributed by atoms with van der Waals surface area (Å²) in [7, 11) is 6.18. The average molecular weight is 481 g/mol. The molecule has 2 aromatic rings. The molecule has 2 aromatic carbocycles. The topological polar surface area (TPSA) is 136 Å². The Morgan fingerprint density at radius 1 is 0.706 bits per heavy atom. The molecule has 1 heterocycles. The van der Waals surface area contributed by atoms with Crippen molar-refractivity contribution in [3.05, 3.63) is 41.5 Å². The molecule has 10 nitrogen and oxygen atoms in total. The molecule has 34 heavy (non-hydrogen) atoms. The summed E-state index contributed by atoms with van der Waals surface area (Å²) in [5.41, 5.74) is 1.96. The van der Waals surface area contributed by atoms with E-state index in [1.165, 1.54) is 7.11 Å². The Bertz CT molecular complexity index is 922. The number of aryl methyl sites for hydroxylation is 2. The van der Waals surface area contributed by atoms with Crippen molar-refractivity contribution in [3.63, 3.8) is 0 Å². The van der Waals surface area contributed by atoms with Crippen LogP contribution in [0.3, 0.4) is 0 Å². The van der Waals surface area contributed by atoms with Gasteiger partial charge in [-0.1, -0.05) is 6.07 Å². The minimum absolute atomic E-state index is 0.281. The molecule has 0 aromatic heterocycles. The van der Waals surface area contributed by atoms with E-state index in [0.717, 1.165) is 11.1 Å². The standard InChI is InChI=1S/C24H32O10/c1-29-16-9-13(5-6-14-10-17(30-2)23(32-4)18(11-14)31-3)7-8-15(16)33-24-22(28)21(27)20(26)19(12-25)34-24/h7-11,19-22,24-28H,5-6,12H2,1-4H3/t19-,20-,21+,22-,24-/m1/s1. The van der Waals surface area contributed by atoms with E-state index >= 15 is 0 Å². The van der Waals surface area contributed by atoms with E-state index in [9.17, 15) is 20.4 Å². The SMILES string of the molecule is COc1cc(CCc2cc(OC)c(OC)c(OC)c2)ccc1O[C@@H]1O[C@H](CO)[C@@H](O)[C@H](O)[C@H]1O. The van der Waals surface area contributed by atoms with Crippen molar-refractivity contribution in [2.45, 2.75) is 43.5 Å². The Hall–Kier alpha value is -2.76. The molecule has 10 heteroatoms. The lowest BCUT2D eigenvalue weighted by atomic mass is 9.99. The zero-order chi connectivity index (χ0) is 24.8. The molecule has 1 aliphatic rings. The molecule has 0 unspecified atom stereocenters. The fourth-order valence-corrected chi connectivity index (χ4v) is 3.82. The fraction of sp³-hybridized carbons (Fsp3) is 0.500. The highest BCUT2D eigenvalue weighted by Crippen LogP contribution is 2.39. The van der Waals surface area contributed by atoms with Crippen LogP contribution in [0.1, 0.15) is 11.1 Å².